The van der Waals surface area contributed by atoms with Crippen molar-refractivity contribution in [3.8, 4) is 0 Å². The van der Waals surface area contributed by atoms with E-state index in [0.717, 1.165) is 31.7 Å². The number of aromatic nitrogens is 2. The molecule has 9 heteroatoms. The van der Waals surface area contributed by atoms with Crippen LogP contribution in [-0.4, -0.2) is 41.0 Å². The van der Waals surface area contributed by atoms with Crippen molar-refractivity contribution in [3.63, 3.8) is 0 Å². The summed E-state index contributed by atoms with van der Waals surface area (Å²) in [5.41, 5.74) is 0.761. The van der Waals surface area contributed by atoms with Gasteiger partial charge in [-0.1, -0.05) is 18.2 Å². The summed E-state index contributed by atoms with van der Waals surface area (Å²) < 4.78 is 26.4. The number of piperazine rings is 1. The highest BCUT2D eigenvalue weighted by Gasteiger charge is 2.34. The topological polar surface area (TPSA) is 70.2 Å². The van der Waals surface area contributed by atoms with Gasteiger partial charge in [-0.25, -0.2) is 18.7 Å². The van der Waals surface area contributed by atoms with Crippen LogP contribution in [0.25, 0.3) is 10.3 Å². The lowest BCUT2D eigenvalue weighted by Crippen LogP contribution is -2.61. The first-order valence-corrected chi connectivity index (χ1v) is 10.4. The monoisotopic (exact) mass is 415 g/mol. The number of hydrogen-bond donors (Lipinski definition) is 2. The van der Waals surface area contributed by atoms with Crippen molar-refractivity contribution in [1.82, 2.24) is 15.3 Å². The second-order valence-electron chi connectivity index (χ2n) is 7.36. The molecule has 150 valence electrons. The number of rotatable bonds is 4. The van der Waals surface area contributed by atoms with Crippen LogP contribution in [0.1, 0.15) is 35.2 Å². The van der Waals surface area contributed by atoms with Crippen LogP contribution >= 0.6 is 11.3 Å². The number of benzene rings is 1. The lowest BCUT2D eigenvalue weighted by Gasteiger charge is -2.46. The highest BCUT2D eigenvalue weighted by Crippen LogP contribution is 2.31. The van der Waals surface area contributed by atoms with Crippen molar-refractivity contribution in [2.45, 2.75) is 31.4 Å². The summed E-state index contributed by atoms with van der Waals surface area (Å²) in [7, 11) is 0. The van der Waals surface area contributed by atoms with Gasteiger partial charge in [0.1, 0.15) is 16.2 Å². The maximum absolute atomic E-state index is 13.2. The largest absolute Gasteiger partial charge is 0.349 e. The molecule has 6 nitrogen and oxygen atoms in total. The predicted molar refractivity (Wildman–Crippen MR) is 109 cm³/mol. The van der Waals surface area contributed by atoms with Gasteiger partial charge < -0.3 is 15.5 Å². The average Bonchev–Trinajstić information content (AvgIpc) is 3.18. The Morgan fingerprint density at radius 2 is 2.17 bits per heavy atom. The zero-order valence-corrected chi connectivity index (χ0v) is 16.3. The summed E-state index contributed by atoms with van der Waals surface area (Å²) in [6, 6.07) is 6.75. The molecule has 1 aromatic carbocycles. The zero-order valence-electron chi connectivity index (χ0n) is 15.4. The Balaban J connectivity index is 1.45. The van der Waals surface area contributed by atoms with Crippen molar-refractivity contribution in [3.05, 3.63) is 47.0 Å². The molecule has 0 radical (unpaired) electrons. The smallest absolute Gasteiger partial charge is 0.265 e. The Morgan fingerprint density at radius 3 is 2.90 bits per heavy atom. The molecular formula is C20H19F2N5OS. The average molecular weight is 415 g/mol. The molecule has 2 aromatic heterocycles. The SMILES string of the molecule is O=C(Nc1ccccc1C(F)F)c1csc2ncc(N3C[C@@H]4CC[C@@H]3CN4)nc12. The van der Waals surface area contributed by atoms with E-state index >= 15 is 0 Å². The first kappa shape index (κ1) is 18.4. The molecule has 3 saturated heterocycles. The van der Waals surface area contributed by atoms with Gasteiger partial charge in [0, 0.05) is 41.8 Å². The highest BCUT2D eigenvalue weighted by atomic mass is 32.1. The molecule has 3 fully saturated rings. The third kappa shape index (κ3) is 3.34. The zero-order chi connectivity index (χ0) is 20.0. The number of para-hydroxylation sites is 1. The van der Waals surface area contributed by atoms with E-state index in [9.17, 15) is 13.6 Å². The van der Waals surface area contributed by atoms with Gasteiger partial charge in [0.25, 0.3) is 12.3 Å². The van der Waals surface area contributed by atoms with Crippen molar-refractivity contribution in [2.24, 2.45) is 0 Å². The summed E-state index contributed by atoms with van der Waals surface area (Å²) in [5.74, 6) is 0.298. The van der Waals surface area contributed by atoms with Crippen LogP contribution in [0, 0.1) is 0 Å². The Morgan fingerprint density at radius 1 is 1.31 bits per heavy atom. The quantitative estimate of drug-likeness (QED) is 0.678. The molecule has 3 aromatic rings. The van der Waals surface area contributed by atoms with Crippen LogP contribution in [0.4, 0.5) is 20.3 Å². The molecule has 29 heavy (non-hydrogen) atoms. The fourth-order valence-electron chi connectivity index (χ4n) is 4.08. The Hall–Kier alpha value is -2.65. The minimum Gasteiger partial charge on any atom is -0.349 e. The van der Waals surface area contributed by atoms with E-state index in [4.69, 9.17) is 4.98 Å². The molecule has 2 bridgehead atoms. The standard InChI is InChI=1S/C20H19F2N5OS/c21-18(22)13-3-1-2-4-15(13)25-19(28)14-10-29-20-17(14)26-16(8-24-20)27-9-11-5-6-12(27)7-23-11/h1-4,8,10-12,18,23H,5-7,9H2,(H,25,28)/t11-,12+/m0/s1. The first-order valence-electron chi connectivity index (χ1n) is 9.53. The van der Waals surface area contributed by atoms with E-state index in [1.165, 1.54) is 29.5 Å². The molecule has 5 heterocycles. The molecule has 2 N–H and O–H groups in total. The van der Waals surface area contributed by atoms with Crippen LogP contribution in [-0.2, 0) is 0 Å². The van der Waals surface area contributed by atoms with Gasteiger partial charge in [-0.15, -0.1) is 11.3 Å². The van der Waals surface area contributed by atoms with E-state index < -0.39 is 12.3 Å². The summed E-state index contributed by atoms with van der Waals surface area (Å²) in [4.78, 5) is 25.0. The molecule has 3 aliphatic rings. The van der Waals surface area contributed by atoms with Crippen LogP contribution in [0.5, 0.6) is 0 Å². The van der Waals surface area contributed by atoms with E-state index in [-0.39, 0.29) is 11.3 Å². The molecule has 2 atom stereocenters. The van der Waals surface area contributed by atoms with Gasteiger partial charge in [0.2, 0.25) is 0 Å². The Kier molecular flexibility index (Phi) is 4.63. The van der Waals surface area contributed by atoms with Gasteiger partial charge in [0.15, 0.2) is 0 Å². The minimum atomic E-state index is -2.67. The number of halogens is 2. The van der Waals surface area contributed by atoms with Crippen molar-refractivity contribution in [2.75, 3.05) is 23.3 Å². The number of alkyl halides is 2. The van der Waals surface area contributed by atoms with Crippen molar-refractivity contribution < 1.29 is 13.6 Å². The molecule has 1 amide bonds. The van der Waals surface area contributed by atoms with Gasteiger partial charge in [0.05, 0.1) is 11.8 Å². The number of thiophene rings is 1. The lowest BCUT2D eigenvalue weighted by molar-refractivity contribution is 0.102. The number of fused-ring (bicyclic) bond motifs is 4. The number of anilines is 2. The molecule has 3 aliphatic heterocycles. The summed E-state index contributed by atoms with van der Waals surface area (Å²) in [5, 5.41) is 7.80. The fourth-order valence-corrected chi connectivity index (χ4v) is 4.91. The van der Waals surface area contributed by atoms with Gasteiger partial charge in [-0.05, 0) is 18.9 Å². The number of carbonyl (C=O) groups excluding carboxylic acids is 1. The van der Waals surface area contributed by atoms with Crippen LogP contribution in [0.2, 0.25) is 0 Å². The maximum Gasteiger partial charge on any atom is 0.265 e. The third-order valence-corrected chi connectivity index (χ3v) is 6.48. The second-order valence-corrected chi connectivity index (χ2v) is 8.22. The number of carbonyl (C=O) groups is 1. The number of nitrogens with one attached hydrogen (secondary N) is 2. The van der Waals surface area contributed by atoms with Crippen LogP contribution in [0.3, 0.4) is 0 Å². The van der Waals surface area contributed by atoms with E-state index in [1.54, 1.807) is 17.6 Å². The van der Waals surface area contributed by atoms with Gasteiger partial charge >= 0.3 is 0 Å². The first-order chi connectivity index (χ1) is 14.1. The molecule has 6 rings (SSSR count). The summed E-state index contributed by atoms with van der Waals surface area (Å²) in [6.45, 7) is 1.80. The molecule has 0 unspecified atom stereocenters. The second kappa shape index (κ2) is 7.31. The van der Waals surface area contributed by atoms with Gasteiger partial charge in [-0.2, -0.15) is 0 Å². The summed E-state index contributed by atoms with van der Waals surface area (Å²) in [6.07, 6.45) is 1.36. The number of nitrogens with zero attached hydrogens (tertiary/aromatic N) is 3. The highest BCUT2D eigenvalue weighted by molar-refractivity contribution is 7.17. The van der Waals surface area contributed by atoms with E-state index in [1.807, 2.05) is 0 Å². The molecule has 0 saturated carbocycles. The maximum atomic E-state index is 13.2. The summed E-state index contributed by atoms with van der Waals surface area (Å²) >= 11 is 1.32. The number of piperidine rings is 2. The van der Waals surface area contributed by atoms with Gasteiger partial charge in [-0.3, -0.25) is 4.79 Å². The van der Waals surface area contributed by atoms with Crippen LogP contribution < -0.4 is 15.5 Å². The normalized spacial score (nSPS) is 21.1. The van der Waals surface area contributed by atoms with E-state index in [2.05, 4.69) is 20.5 Å². The molecule has 0 spiro atoms. The minimum absolute atomic E-state index is 0.107. The van der Waals surface area contributed by atoms with E-state index in [0.29, 0.717) is 28.0 Å². The fraction of sp³-hybridized carbons (Fsp3) is 0.350. The third-order valence-electron chi connectivity index (χ3n) is 5.60. The number of hydrogen-bond acceptors (Lipinski definition) is 6. The Bertz CT molecular complexity index is 1060. The molecule has 0 aliphatic carbocycles. The van der Waals surface area contributed by atoms with Crippen LogP contribution in [0.15, 0.2) is 35.8 Å². The van der Waals surface area contributed by atoms with Crippen molar-refractivity contribution in [1.29, 1.82) is 0 Å². The predicted octanol–water partition coefficient (Wildman–Crippen LogP) is 3.82. The number of amides is 1. The van der Waals surface area contributed by atoms with Crippen molar-refractivity contribution >= 4 is 39.1 Å². The Labute approximate surface area is 170 Å². The molecular weight excluding hydrogens is 396 g/mol. The lowest BCUT2D eigenvalue weighted by atomic mass is 9.93.